The highest BCUT2D eigenvalue weighted by Gasteiger charge is 2.15. The molecule has 0 aliphatic rings. The van der Waals surface area contributed by atoms with Gasteiger partial charge >= 0.3 is 13.3 Å². The van der Waals surface area contributed by atoms with Crippen molar-refractivity contribution in [2.75, 3.05) is 7.11 Å². The molecule has 5 nitrogen and oxygen atoms in total. The van der Waals surface area contributed by atoms with Gasteiger partial charge in [-0.2, -0.15) is 0 Å². The molecule has 0 amide bonds. The predicted molar refractivity (Wildman–Crippen MR) is 53.0 cm³/mol. The molecule has 0 unspecified atom stereocenters. The van der Waals surface area contributed by atoms with Crippen molar-refractivity contribution in [1.82, 2.24) is 0 Å². The van der Waals surface area contributed by atoms with Crippen molar-refractivity contribution in [2.45, 2.75) is 6.42 Å². The Morgan fingerprint density at radius 2 is 2.07 bits per heavy atom. The zero-order chi connectivity index (χ0) is 11.3. The maximum Gasteiger partial charge on any atom is 0.707 e. The Morgan fingerprint density at radius 3 is 2.67 bits per heavy atom. The van der Waals surface area contributed by atoms with Crippen LogP contribution in [0, 0.1) is 0 Å². The van der Waals surface area contributed by atoms with Crippen LogP contribution >= 0.6 is 0 Å². The van der Waals surface area contributed by atoms with Gasteiger partial charge in [-0.25, -0.2) is 0 Å². The molecule has 0 spiro atoms. The number of carbonyl (C=O) groups excluding carboxylic acids is 1. The summed E-state index contributed by atoms with van der Waals surface area (Å²) in [5, 5.41) is 17.3. The first kappa shape index (κ1) is 11.5. The van der Waals surface area contributed by atoms with E-state index in [0.29, 0.717) is 5.56 Å². The SMILES string of the molecule is COC(=O)Cc1ccccc1OB(O)O. The summed E-state index contributed by atoms with van der Waals surface area (Å²) in [6.07, 6.45) is 0.0272. The van der Waals surface area contributed by atoms with Crippen molar-refractivity contribution in [3.63, 3.8) is 0 Å². The summed E-state index contributed by atoms with van der Waals surface area (Å²) in [5.74, 6) is -0.170. The molecule has 6 heteroatoms. The Hall–Kier alpha value is -1.53. The van der Waals surface area contributed by atoms with Gasteiger partial charge in [0.15, 0.2) is 0 Å². The summed E-state index contributed by atoms with van der Waals surface area (Å²) in [4.78, 5) is 11.0. The number of esters is 1. The van der Waals surface area contributed by atoms with E-state index in [0.717, 1.165) is 0 Å². The molecule has 0 saturated carbocycles. The van der Waals surface area contributed by atoms with Crippen LogP contribution in [0.15, 0.2) is 24.3 Å². The number of para-hydroxylation sites is 1. The molecular weight excluding hydrogens is 199 g/mol. The van der Waals surface area contributed by atoms with Gasteiger partial charge in [0.05, 0.1) is 13.5 Å². The van der Waals surface area contributed by atoms with Gasteiger partial charge in [-0.15, -0.1) is 0 Å². The summed E-state index contributed by atoms with van der Waals surface area (Å²) in [5.41, 5.74) is 0.539. The highest BCUT2D eigenvalue weighted by Crippen LogP contribution is 2.18. The molecule has 80 valence electrons. The van der Waals surface area contributed by atoms with Crippen molar-refractivity contribution in [1.29, 1.82) is 0 Å². The normalized spacial score (nSPS) is 9.53. The Bertz CT molecular complexity index is 339. The van der Waals surface area contributed by atoms with Crippen molar-refractivity contribution >= 4 is 13.3 Å². The zero-order valence-electron chi connectivity index (χ0n) is 8.21. The third-order valence-corrected chi connectivity index (χ3v) is 1.77. The minimum atomic E-state index is -1.90. The van der Waals surface area contributed by atoms with Gasteiger partial charge < -0.3 is 19.4 Å². The molecule has 0 aromatic heterocycles. The third-order valence-electron chi connectivity index (χ3n) is 1.77. The van der Waals surface area contributed by atoms with E-state index in [1.165, 1.54) is 13.2 Å². The fraction of sp³-hybridized carbons (Fsp3) is 0.222. The van der Waals surface area contributed by atoms with E-state index in [1.54, 1.807) is 18.2 Å². The van der Waals surface area contributed by atoms with Gasteiger partial charge in [0.25, 0.3) is 0 Å². The van der Waals surface area contributed by atoms with Gasteiger partial charge in [-0.05, 0) is 6.07 Å². The maximum absolute atomic E-state index is 11.0. The number of methoxy groups -OCH3 is 1. The van der Waals surface area contributed by atoms with Gasteiger partial charge in [0, 0.05) is 5.56 Å². The van der Waals surface area contributed by atoms with E-state index < -0.39 is 13.3 Å². The summed E-state index contributed by atoms with van der Waals surface area (Å²) < 4.78 is 9.19. The van der Waals surface area contributed by atoms with E-state index in [-0.39, 0.29) is 12.2 Å². The van der Waals surface area contributed by atoms with E-state index in [2.05, 4.69) is 4.74 Å². The summed E-state index contributed by atoms with van der Waals surface area (Å²) in [6, 6.07) is 6.57. The maximum atomic E-state index is 11.0. The number of rotatable bonds is 4. The molecule has 0 aliphatic heterocycles. The van der Waals surface area contributed by atoms with Crippen molar-refractivity contribution < 1.29 is 24.2 Å². The van der Waals surface area contributed by atoms with E-state index in [1.807, 2.05) is 0 Å². The molecule has 0 aliphatic carbocycles. The summed E-state index contributed by atoms with van der Waals surface area (Å²) >= 11 is 0. The Kier molecular flexibility index (Phi) is 4.14. The average molecular weight is 210 g/mol. The number of ether oxygens (including phenoxy) is 1. The fourth-order valence-electron chi connectivity index (χ4n) is 1.11. The van der Waals surface area contributed by atoms with Crippen LogP contribution in [0.2, 0.25) is 0 Å². The van der Waals surface area contributed by atoms with Crippen LogP contribution in [0.4, 0.5) is 0 Å². The molecule has 0 radical (unpaired) electrons. The lowest BCUT2D eigenvalue weighted by Crippen LogP contribution is -2.21. The van der Waals surface area contributed by atoms with Crippen LogP contribution in [0.5, 0.6) is 5.75 Å². The Labute approximate surface area is 87.4 Å². The molecule has 0 fully saturated rings. The Balaban J connectivity index is 2.81. The topological polar surface area (TPSA) is 76.0 Å². The smallest absolute Gasteiger partial charge is 0.512 e. The lowest BCUT2D eigenvalue weighted by molar-refractivity contribution is -0.139. The third kappa shape index (κ3) is 3.61. The van der Waals surface area contributed by atoms with Gasteiger partial charge in [0.1, 0.15) is 5.75 Å². The predicted octanol–water partition coefficient (Wildman–Crippen LogP) is -0.250. The van der Waals surface area contributed by atoms with Gasteiger partial charge in [0.2, 0.25) is 0 Å². The second-order valence-corrected chi connectivity index (χ2v) is 2.80. The number of hydrogen-bond acceptors (Lipinski definition) is 5. The van der Waals surface area contributed by atoms with Gasteiger partial charge in [-0.3, -0.25) is 4.79 Å². The summed E-state index contributed by atoms with van der Waals surface area (Å²) in [6.45, 7) is 0. The number of carbonyl (C=O) groups is 1. The minimum absolute atomic E-state index is 0.0272. The molecule has 1 aromatic rings. The first-order chi connectivity index (χ1) is 7.13. The van der Waals surface area contributed by atoms with Crippen LogP contribution in [0.25, 0.3) is 0 Å². The second-order valence-electron chi connectivity index (χ2n) is 2.80. The molecule has 2 N–H and O–H groups in total. The molecule has 1 aromatic carbocycles. The van der Waals surface area contributed by atoms with Crippen LogP contribution in [-0.4, -0.2) is 30.4 Å². The first-order valence-electron chi connectivity index (χ1n) is 4.31. The number of benzene rings is 1. The largest absolute Gasteiger partial charge is 0.707 e. The standard InChI is InChI=1S/C9H11BO5/c1-14-9(11)6-7-4-2-3-5-8(7)15-10(12)13/h2-5,12-13H,6H2,1H3. The molecule has 0 bridgehead atoms. The van der Waals surface area contributed by atoms with E-state index in [9.17, 15) is 4.79 Å². The van der Waals surface area contributed by atoms with Crippen molar-refractivity contribution in [2.24, 2.45) is 0 Å². The van der Waals surface area contributed by atoms with Crippen molar-refractivity contribution in [3.05, 3.63) is 29.8 Å². The van der Waals surface area contributed by atoms with E-state index >= 15 is 0 Å². The lowest BCUT2D eigenvalue weighted by Gasteiger charge is -2.09. The van der Waals surface area contributed by atoms with Crippen LogP contribution < -0.4 is 4.65 Å². The molecule has 0 saturated heterocycles. The Morgan fingerprint density at radius 1 is 1.40 bits per heavy atom. The van der Waals surface area contributed by atoms with Crippen LogP contribution in [-0.2, 0) is 16.0 Å². The quantitative estimate of drug-likeness (QED) is 0.529. The monoisotopic (exact) mass is 210 g/mol. The van der Waals surface area contributed by atoms with Gasteiger partial charge in [-0.1, -0.05) is 18.2 Å². The molecule has 0 heterocycles. The minimum Gasteiger partial charge on any atom is -0.512 e. The zero-order valence-corrected chi connectivity index (χ0v) is 8.21. The van der Waals surface area contributed by atoms with Crippen LogP contribution in [0.1, 0.15) is 5.56 Å². The molecule has 1 rings (SSSR count). The summed E-state index contributed by atoms with van der Waals surface area (Å²) in [7, 11) is -0.615. The average Bonchev–Trinajstić information content (AvgIpc) is 2.20. The van der Waals surface area contributed by atoms with Crippen LogP contribution in [0.3, 0.4) is 0 Å². The second kappa shape index (κ2) is 5.38. The molecule has 0 atom stereocenters. The molecule has 15 heavy (non-hydrogen) atoms. The first-order valence-corrected chi connectivity index (χ1v) is 4.31. The molecular formula is C9H11BO5. The lowest BCUT2D eigenvalue weighted by atomic mass is 10.1. The highest BCUT2D eigenvalue weighted by atomic mass is 16.6. The highest BCUT2D eigenvalue weighted by molar-refractivity contribution is 6.33. The number of hydrogen-bond donors (Lipinski definition) is 2. The van der Waals surface area contributed by atoms with Crippen molar-refractivity contribution in [3.8, 4) is 5.75 Å². The fourth-order valence-corrected chi connectivity index (χ4v) is 1.11. The van der Waals surface area contributed by atoms with E-state index in [4.69, 9.17) is 14.7 Å².